The van der Waals surface area contributed by atoms with Gasteiger partial charge >= 0.3 is 5.97 Å². The minimum atomic E-state index is -1.67. The average Bonchev–Trinajstić information content (AvgIpc) is 4.04. The molecule has 4 aromatic rings. The Morgan fingerprint density at radius 1 is 0.873 bits per heavy atom. The molecule has 2 aliphatic heterocycles. The number of nitrogens with two attached hydrogens (primary N) is 1. The molecule has 9 N–H and O–H groups in total. The quantitative estimate of drug-likeness (QED) is 0.128. The first kappa shape index (κ1) is 46.6. The van der Waals surface area contributed by atoms with E-state index in [0.717, 1.165) is 26.0 Å². The fourth-order valence-corrected chi connectivity index (χ4v) is 10.3. The Balaban J connectivity index is 1.37. The minimum Gasteiger partial charge on any atom is -0.481 e. The van der Waals surface area contributed by atoms with Crippen LogP contribution in [0.25, 0.3) is 21.0 Å². The molecule has 0 bridgehead atoms. The van der Waals surface area contributed by atoms with E-state index < -0.39 is 90.0 Å². The minimum absolute atomic E-state index is 0.00656. The van der Waals surface area contributed by atoms with Crippen molar-refractivity contribution < 1.29 is 43.5 Å². The van der Waals surface area contributed by atoms with E-state index in [1.165, 1.54) is 34.9 Å². The fraction of sp³-hybridized carbons (Fsp3) is 0.488. The number of amides is 7. The van der Waals surface area contributed by atoms with E-state index in [0.29, 0.717) is 37.8 Å². The molecule has 0 aliphatic carbocycles. The van der Waals surface area contributed by atoms with Crippen molar-refractivity contribution in [2.45, 2.75) is 120 Å². The van der Waals surface area contributed by atoms with Crippen LogP contribution >= 0.6 is 23.1 Å². The number of hydrogen-bond donors (Lipinski definition) is 8. The molecular weight excluding hydrogens is 851 g/mol. The summed E-state index contributed by atoms with van der Waals surface area (Å²) >= 11 is 2.82. The highest BCUT2D eigenvalue weighted by Crippen LogP contribution is 2.34. The van der Waals surface area contributed by atoms with Gasteiger partial charge in [-0.2, -0.15) is 0 Å². The van der Waals surface area contributed by atoms with Gasteiger partial charge in [0.05, 0.1) is 16.1 Å². The molecule has 3 aromatic heterocycles. The lowest BCUT2D eigenvalue weighted by Crippen LogP contribution is -2.60. The molecule has 0 radical (unpaired) electrons. The van der Waals surface area contributed by atoms with Crippen molar-refractivity contribution in [3.63, 3.8) is 0 Å². The molecule has 338 valence electrons. The van der Waals surface area contributed by atoms with Gasteiger partial charge in [0.25, 0.3) is 0 Å². The molecule has 7 amide bonds. The molecule has 5 heterocycles. The number of H-pyrrole nitrogens is 1. The normalized spacial score (nSPS) is 23.9. The van der Waals surface area contributed by atoms with Crippen LogP contribution in [0.3, 0.4) is 0 Å². The van der Waals surface area contributed by atoms with Gasteiger partial charge in [-0.05, 0) is 67.5 Å². The lowest BCUT2D eigenvalue weighted by Gasteiger charge is -2.31. The first-order valence-electron chi connectivity index (χ1n) is 21.1. The number of carboxylic acids is 1. The van der Waals surface area contributed by atoms with Crippen molar-refractivity contribution in [1.29, 1.82) is 0 Å². The van der Waals surface area contributed by atoms with Gasteiger partial charge in [0.15, 0.2) is 0 Å². The highest BCUT2D eigenvalue weighted by atomic mass is 32.2. The molecule has 6 rings (SSSR count). The van der Waals surface area contributed by atoms with Crippen LogP contribution in [0.1, 0.15) is 71.3 Å². The van der Waals surface area contributed by atoms with E-state index in [-0.39, 0.29) is 37.5 Å². The predicted molar refractivity (Wildman–Crippen MR) is 237 cm³/mol. The molecule has 1 aromatic carbocycles. The summed E-state index contributed by atoms with van der Waals surface area (Å²) < 4.78 is 2.99. The number of aromatic nitrogens is 2. The molecule has 63 heavy (non-hydrogen) atoms. The Kier molecular flexibility index (Phi) is 15.5. The topological polar surface area (TPSA) is 267 Å². The van der Waals surface area contributed by atoms with Crippen LogP contribution < -0.4 is 32.3 Å². The van der Waals surface area contributed by atoms with E-state index in [1.807, 2.05) is 60.3 Å². The average molecular weight is 906 g/mol. The van der Waals surface area contributed by atoms with Crippen molar-refractivity contribution in [1.82, 2.24) is 41.0 Å². The maximum absolute atomic E-state index is 14.5. The highest BCUT2D eigenvalue weighted by molar-refractivity contribution is 7.99. The van der Waals surface area contributed by atoms with Gasteiger partial charge in [-0.1, -0.05) is 32.0 Å². The Morgan fingerprint density at radius 3 is 2.33 bits per heavy atom. The van der Waals surface area contributed by atoms with E-state index in [4.69, 9.17) is 5.73 Å². The number of carbonyl (C=O) groups excluding carboxylic acids is 7. The number of fused-ring (bicyclic) bond motifs is 5. The summed E-state index contributed by atoms with van der Waals surface area (Å²) in [4.78, 5) is 113. The van der Waals surface area contributed by atoms with Gasteiger partial charge in [0.2, 0.25) is 41.4 Å². The van der Waals surface area contributed by atoms with Crippen LogP contribution in [-0.2, 0) is 51.3 Å². The van der Waals surface area contributed by atoms with E-state index in [1.54, 1.807) is 6.20 Å². The van der Waals surface area contributed by atoms with E-state index in [2.05, 4.69) is 31.6 Å². The summed E-state index contributed by atoms with van der Waals surface area (Å²) in [5, 5.41) is 27.8. The molecule has 6 atom stereocenters. The monoisotopic (exact) mass is 905 g/mol. The number of rotatable bonds is 8. The van der Waals surface area contributed by atoms with Crippen LogP contribution in [0.2, 0.25) is 0 Å². The number of carboxylic acid groups (broad SMARTS) is 1. The molecule has 0 unspecified atom stereocenters. The first-order valence-corrected chi connectivity index (χ1v) is 23.0. The van der Waals surface area contributed by atoms with Gasteiger partial charge in [-0.25, -0.2) is 0 Å². The summed E-state index contributed by atoms with van der Waals surface area (Å²) in [6, 6.07) is 1.95. The second-order valence-electron chi connectivity index (χ2n) is 16.5. The molecule has 1 saturated heterocycles. The third-order valence-electron chi connectivity index (χ3n) is 11.2. The lowest BCUT2D eigenvalue weighted by molar-refractivity contribution is -0.143. The number of primary amides is 1. The molecule has 0 spiro atoms. The van der Waals surface area contributed by atoms with Crippen molar-refractivity contribution in [2.24, 2.45) is 11.7 Å². The zero-order chi connectivity index (χ0) is 45.4. The van der Waals surface area contributed by atoms with Gasteiger partial charge in [-0.15, -0.1) is 23.1 Å². The predicted octanol–water partition coefficient (Wildman–Crippen LogP) is 2.14. The number of aromatic amines is 1. The van der Waals surface area contributed by atoms with E-state index >= 15 is 0 Å². The first-order chi connectivity index (χ1) is 30.1. The van der Waals surface area contributed by atoms with Gasteiger partial charge in [-0.3, -0.25) is 38.4 Å². The van der Waals surface area contributed by atoms with Crippen LogP contribution in [0.5, 0.6) is 0 Å². The number of thiophene rings is 1. The smallest absolute Gasteiger partial charge is 0.305 e. The van der Waals surface area contributed by atoms with Crippen LogP contribution in [-0.4, -0.2) is 115 Å². The largest absolute Gasteiger partial charge is 0.481 e. The Bertz CT molecular complexity index is 2360. The van der Waals surface area contributed by atoms with Gasteiger partial charge in [0.1, 0.15) is 36.3 Å². The summed E-state index contributed by atoms with van der Waals surface area (Å²) in [6.45, 7) is 5.71. The zero-order valence-corrected chi connectivity index (χ0v) is 37.1. The number of carbonyl (C=O) groups is 8. The molecule has 20 heteroatoms. The number of aryl methyl sites for hydroxylation is 1. The Morgan fingerprint density at radius 2 is 1.60 bits per heavy atom. The second kappa shape index (κ2) is 21.0. The molecule has 18 nitrogen and oxygen atoms in total. The summed E-state index contributed by atoms with van der Waals surface area (Å²) in [5.41, 5.74) is 7.18. The summed E-state index contributed by atoms with van der Waals surface area (Å²) in [6.07, 6.45) is 5.06. The standard InChI is InChI=1S/C43H55N9O9S2/c1-23(2)17-32-42(61)52-15-8-12-34(52)41(60)47-29(37(44)56)11-6-7-14-51-21-35-27(13-16-62-35)43(51)63-22-33(46-24(3)53)40(59)49-31(19-36(54)55)39(58)48-30(38(57)50-32)18-25-20-45-28-10-5-4-9-26(25)28/h4-5,9-10,13,16,20-21,23,29-34,45H,6-8,11-12,14-15,17-19,22H2,1-3H3,(H2,44,56)(H,46,53)(H,47,60)(H,48,58)(H,49,59)(H,50,57)(H,54,55)/t29-,30-,31-,32-,33-,34-/m0/s1. The molecule has 1 fully saturated rings. The van der Waals surface area contributed by atoms with E-state index in [9.17, 15) is 43.5 Å². The van der Waals surface area contributed by atoms with Crippen LogP contribution in [0.15, 0.2) is 53.1 Å². The summed E-state index contributed by atoms with van der Waals surface area (Å²) in [5.74, 6) is -6.33. The Labute approximate surface area is 372 Å². The van der Waals surface area contributed by atoms with Crippen molar-refractivity contribution in [2.75, 3.05) is 12.3 Å². The number of nitrogens with one attached hydrogen (secondary N) is 6. The number of benzene rings is 1. The Hall–Kier alpha value is -5.89. The third-order valence-corrected chi connectivity index (χ3v) is 13.3. The van der Waals surface area contributed by atoms with Crippen molar-refractivity contribution >= 4 is 91.4 Å². The lowest BCUT2D eigenvalue weighted by atomic mass is 9.99. The maximum Gasteiger partial charge on any atom is 0.305 e. The van der Waals surface area contributed by atoms with Crippen LogP contribution in [0, 0.1) is 5.92 Å². The molecule has 2 aliphatic rings. The van der Waals surface area contributed by atoms with Crippen molar-refractivity contribution in [3.05, 3.63) is 53.7 Å². The summed E-state index contributed by atoms with van der Waals surface area (Å²) in [7, 11) is 0. The fourth-order valence-electron chi connectivity index (χ4n) is 8.18. The van der Waals surface area contributed by atoms with Gasteiger partial charge < -0.3 is 51.9 Å². The highest BCUT2D eigenvalue weighted by Gasteiger charge is 2.40. The number of hydrogen-bond acceptors (Lipinski definition) is 10. The SMILES string of the molecule is CC(=O)N[C@H]1CSc2c3ccsc3cn2CCCC[C@@H](C(N)=O)NC(=O)[C@@H]2CCCN2C(=O)[C@H](CC(C)C)NC(=O)[C@H](Cc2c[nH]c3ccccc23)NC(=O)[C@H](CC(=O)O)NC1=O. The van der Waals surface area contributed by atoms with Gasteiger partial charge in [0, 0.05) is 60.9 Å². The molecular formula is C43H55N9O9S2. The number of thioether (sulfide) groups is 1. The third kappa shape index (κ3) is 11.8. The number of aliphatic carboxylic acids is 1. The van der Waals surface area contributed by atoms with Crippen molar-refractivity contribution in [3.8, 4) is 0 Å². The number of para-hydroxylation sites is 1. The van der Waals surface area contributed by atoms with Crippen LogP contribution in [0.4, 0.5) is 0 Å². The zero-order valence-electron chi connectivity index (χ0n) is 35.4. The second-order valence-corrected chi connectivity index (χ2v) is 18.5. The maximum atomic E-state index is 14.5. The number of nitrogens with zero attached hydrogens (tertiary/aromatic N) is 2. The molecule has 0 saturated carbocycles.